The fourth-order valence-electron chi connectivity index (χ4n) is 2.70. The number of halogens is 3. The standard InChI is InChI=1S/C12H19F3N2/c1-16-7-4-10(5-8-16)11-3-2-6-17(11)9-12(13,14)15/h2-9H2,1H3. The maximum absolute atomic E-state index is 12.4. The Morgan fingerprint density at radius 1 is 1.06 bits per heavy atom. The molecule has 0 aromatic rings. The van der Waals surface area contributed by atoms with Crippen LogP contribution in [0.25, 0.3) is 0 Å². The zero-order chi connectivity index (χ0) is 12.5. The van der Waals surface area contributed by atoms with Crippen molar-refractivity contribution in [3.8, 4) is 0 Å². The van der Waals surface area contributed by atoms with Crippen molar-refractivity contribution in [2.45, 2.75) is 31.9 Å². The molecule has 2 saturated heterocycles. The molecule has 0 unspecified atom stereocenters. The zero-order valence-electron chi connectivity index (χ0n) is 10.2. The minimum atomic E-state index is -4.08. The van der Waals surface area contributed by atoms with Gasteiger partial charge in [-0.2, -0.15) is 13.2 Å². The highest BCUT2D eigenvalue weighted by Crippen LogP contribution is 2.32. The Hall–Kier alpha value is -0.710. The van der Waals surface area contributed by atoms with Gasteiger partial charge in [0.15, 0.2) is 0 Å². The third-order valence-electron chi connectivity index (χ3n) is 3.59. The summed E-state index contributed by atoms with van der Waals surface area (Å²) in [5.41, 5.74) is 2.24. The van der Waals surface area contributed by atoms with Crippen molar-refractivity contribution in [3.63, 3.8) is 0 Å². The summed E-state index contributed by atoms with van der Waals surface area (Å²) >= 11 is 0. The van der Waals surface area contributed by atoms with Crippen LogP contribution in [-0.4, -0.2) is 49.2 Å². The number of piperidine rings is 1. The molecule has 0 aromatic heterocycles. The monoisotopic (exact) mass is 248 g/mol. The highest BCUT2D eigenvalue weighted by atomic mass is 19.4. The predicted octanol–water partition coefficient (Wildman–Crippen LogP) is 2.62. The van der Waals surface area contributed by atoms with E-state index in [4.69, 9.17) is 0 Å². The summed E-state index contributed by atoms with van der Waals surface area (Å²) in [5, 5.41) is 0. The van der Waals surface area contributed by atoms with Gasteiger partial charge in [0, 0.05) is 25.3 Å². The van der Waals surface area contributed by atoms with Crippen molar-refractivity contribution in [2.75, 3.05) is 33.2 Å². The van der Waals surface area contributed by atoms with Crippen LogP contribution in [0, 0.1) is 0 Å². The van der Waals surface area contributed by atoms with Gasteiger partial charge in [-0.25, -0.2) is 0 Å². The molecule has 2 nitrogen and oxygen atoms in total. The van der Waals surface area contributed by atoms with Gasteiger partial charge in [0.1, 0.15) is 6.54 Å². The quantitative estimate of drug-likeness (QED) is 0.704. The number of hydrogen-bond acceptors (Lipinski definition) is 2. The van der Waals surface area contributed by atoms with Gasteiger partial charge >= 0.3 is 6.18 Å². The largest absolute Gasteiger partial charge is 0.405 e. The highest BCUT2D eigenvalue weighted by molar-refractivity contribution is 5.18. The second kappa shape index (κ2) is 4.88. The number of rotatable bonds is 1. The Morgan fingerprint density at radius 3 is 2.29 bits per heavy atom. The third kappa shape index (κ3) is 3.37. The van der Waals surface area contributed by atoms with Crippen molar-refractivity contribution in [1.29, 1.82) is 0 Å². The number of allylic oxidation sites excluding steroid dienone is 1. The molecule has 98 valence electrons. The average molecular weight is 248 g/mol. The van der Waals surface area contributed by atoms with Crippen LogP contribution in [0.4, 0.5) is 13.2 Å². The summed E-state index contributed by atoms with van der Waals surface area (Å²) in [7, 11) is 2.06. The van der Waals surface area contributed by atoms with Crippen LogP contribution < -0.4 is 0 Å². The lowest BCUT2D eigenvalue weighted by atomic mass is 10.0. The normalized spacial score (nSPS) is 23.6. The molecule has 0 atom stereocenters. The summed E-state index contributed by atoms with van der Waals surface area (Å²) in [6.45, 7) is 1.73. The molecule has 0 aliphatic carbocycles. The third-order valence-corrected chi connectivity index (χ3v) is 3.59. The van der Waals surface area contributed by atoms with E-state index in [0.717, 1.165) is 44.5 Å². The molecule has 2 aliphatic rings. The van der Waals surface area contributed by atoms with Gasteiger partial charge in [0.05, 0.1) is 0 Å². The minimum absolute atomic E-state index is 0.564. The molecule has 0 radical (unpaired) electrons. The van der Waals surface area contributed by atoms with Crippen LogP contribution in [-0.2, 0) is 0 Å². The molecule has 0 amide bonds. The first kappa shape index (κ1) is 12.7. The lowest BCUT2D eigenvalue weighted by Gasteiger charge is -2.29. The van der Waals surface area contributed by atoms with Crippen LogP contribution >= 0.6 is 0 Å². The maximum Gasteiger partial charge on any atom is 0.405 e. The van der Waals surface area contributed by atoms with E-state index in [1.165, 1.54) is 5.57 Å². The van der Waals surface area contributed by atoms with E-state index < -0.39 is 12.7 Å². The van der Waals surface area contributed by atoms with Gasteiger partial charge in [-0.05, 0) is 38.3 Å². The van der Waals surface area contributed by atoms with Crippen molar-refractivity contribution in [2.24, 2.45) is 0 Å². The molecule has 0 N–H and O–H groups in total. The van der Waals surface area contributed by atoms with Crippen molar-refractivity contribution in [1.82, 2.24) is 9.80 Å². The lowest BCUT2D eigenvalue weighted by Crippen LogP contribution is -2.33. The molecule has 0 aromatic carbocycles. The first-order valence-corrected chi connectivity index (χ1v) is 6.17. The smallest absolute Gasteiger partial charge is 0.366 e. The van der Waals surface area contributed by atoms with Crippen LogP contribution in [0.15, 0.2) is 11.3 Å². The van der Waals surface area contributed by atoms with Crippen molar-refractivity contribution < 1.29 is 13.2 Å². The fraction of sp³-hybridized carbons (Fsp3) is 0.833. The first-order chi connectivity index (χ1) is 7.96. The molecule has 17 heavy (non-hydrogen) atoms. The molecule has 0 bridgehead atoms. The topological polar surface area (TPSA) is 6.48 Å². The molecule has 2 rings (SSSR count). The van der Waals surface area contributed by atoms with Crippen molar-refractivity contribution >= 4 is 0 Å². The summed E-state index contributed by atoms with van der Waals surface area (Å²) in [4.78, 5) is 3.77. The SMILES string of the molecule is CN1CCC(=C2CCCN2CC(F)(F)F)CC1. The molecule has 5 heteroatoms. The highest BCUT2D eigenvalue weighted by Gasteiger charge is 2.34. The Balaban J connectivity index is 2.06. The van der Waals surface area contributed by atoms with Gasteiger partial charge in [-0.3, -0.25) is 0 Å². The Bertz CT molecular complexity index is 299. The van der Waals surface area contributed by atoms with Crippen LogP contribution in [0.5, 0.6) is 0 Å². The zero-order valence-corrected chi connectivity index (χ0v) is 10.2. The Labute approximate surface area is 100 Å². The van der Waals surface area contributed by atoms with Gasteiger partial charge in [0.25, 0.3) is 0 Å². The van der Waals surface area contributed by atoms with Crippen LogP contribution in [0.2, 0.25) is 0 Å². The van der Waals surface area contributed by atoms with E-state index in [2.05, 4.69) is 11.9 Å². The lowest BCUT2D eigenvalue weighted by molar-refractivity contribution is -0.140. The van der Waals surface area contributed by atoms with Crippen LogP contribution in [0.3, 0.4) is 0 Å². The summed E-state index contributed by atoms with van der Waals surface area (Å²) in [5.74, 6) is 0. The average Bonchev–Trinajstić information content (AvgIpc) is 2.64. The van der Waals surface area contributed by atoms with E-state index in [0.29, 0.717) is 6.54 Å². The van der Waals surface area contributed by atoms with E-state index in [-0.39, 0.29) is 0 Å². The summed E-state index contributed by atoms with van der Waals surface area (Å²) < 4.78 is 37.3. The predicted molar refractivity (Wildman–Crippen MR) is 60.6 cm³/mol. The van der Waals surface area contributed by atoms with E-state index >= 15 is 0 Å². The first-order valence-electron chi connectivity index (χ1n) is 6.17. The Morgan fingerprint density at radius 2 is 1.71 bits per heavy atom. The molecule has 2 heterocycles. The van der Waals surface area contributed by atoms with E-state index in [1.807, 2.05) is 0 Å². The van der Waals surface area contributed by atoms with Gasteiger partial charge in [-0.15, -0.1) is 0 Å². The number of likely N-dealkylation sites (tertiary alicyclic amines) is 2. The fourth-order valence-corrected chi connectivity index (χ4v) is 2.70. The molecular formula is C12H19F3N2. The second-order valence-corrected chi connectivity index (χ2v) is 4.99. The minimum Gasteiger partial charge on any atom is -0.366 e. The Kier molecular flexibility index (Phi) is 3.66. The van der Waals surface area contributed by atoms with Gasteiger partial charge < -0.3 is 9.80 Å². The number of hydrogen-bond donors (Lipinski definition) is 0. The summed E-state index contributed by atoms with van der Waals surface area (Å²) in [6, 6.07) is 0. The van der Waals surface area contributed by atoms with Gasteiger partial charge in [-0.1, -0.05) is 0 Å². The molecule has 2 aliphatic heterocycles. The molecule has 2 fully saturated rings. The van der Waals surface area contributed by atoms with E-state index in [9.17, 15) is 13.2 Å². The molecule has 0 saturated carbocycles. The van der Waals surface area contributed by atoms with E-state index in [1.54, 1.807) is 4.90 Å². The number of alkyl halides is 3. The van der Waals surface area contributed by atoms with Gasteiger partial charge in [0.2, 0.25) is 0 Å². The summed E-state index contributed by atoms with van der Waals surface area (Å²) in [6.07, 6.45) is -0.526. The number of nitrogens with zero attached hydrogens (tertiary/aromatic N) is 2. The van der Waals surface area contributed by atoms with Crippen LogP contribution in [0.1, 0.15) is 25.7 Å². The second-order valence-electron chi connectivity index (χ2n) is 4.99. The molecule has 0 spiro atoms. The maximum atomic E-state index is 12.4. The van der Waals surface area contributed by atoms with Crippen molar-refractivity contribution in [3.05, 3.63) is 11.3 Å². The molecular weight excluding hydrogens is 229 g/mol.